The van der Waals surface area contributed by atoms with Crippen LogP contribution >= 0.6 is 0 Å². The number of ether oxygens (including phenoxy) is 1. The molecule has 0 unspecified atom stereocenters. The van der Waals surface area contributed by atoms with Crippen LogP contribution in [-0.4, -0.2) is 24.2 Å². The fraction of sp³-hybridized carbons (Fsp3) is 0.250. The molecule has 1 aliphatic rings. The molecule has 0 spiro atoms. The topological polar surface area (TPSA) is 63.7 Å². The summed E-state index contributed by atoms with van der Waals surface area (Å²) in [7, 11) is 0. The summed E-state index contributed by atoms with van der Waals surface area (Å²) in [6.45, 7) is 3.68. The Morgan fingerprint density at radius 3 is 2.44 bits per heavy atom. The highest BCUT2D eigenvalue weighted by atomic mass is 16.5. The summed E-state index contributed by atoms with van der Waals surface area (Å²) in [4.78, 5) is 38.0. The molecule has 1 heterocycles. The van der Waals surface area contributed by atoms with Crippen LogP contribution in [0.3, 0.4) is 0 Å². The highest BCUT2D eigenvalue weighted by molar-refractivity contribution is 6.00. The third-order valence-corrected chi connectivity index (χ3v) is 4.28. The number of nitrogens with zero attached hydrogens (tertiary/aromatic N) is 1. The van der Waals surface area contributed by atoms with Gasteiger partial charge in [-0.3, -0.25) is 14.4 Å². The average molecular weight is 337 g/mol. The van der Waals surface area contributed by atoms with Crippen molar-refractivity contribution in [2.45, 2.75) is 20.3 Å². The number of hydrogen-bond donors (Lipinski definition) is 0. The van der Waals surface area contributed by atoms with Crippen LogP contribution in [0.4, 0.5) is 5.69 Å². The lowest BCUT2D eigenvalue weighted by molar-refractivity contribution is -0.139. The minimum Gasteiger partial charge on any atom is -0.425 e. The number of carbonyl (C=O) groups excluding carboxylic acids is 3. The average Bonchev–Trinajstić information content (AvgIpc) is 2.98. The van der Waals surface area contributed by atoms with Gasteiger partial charge in [-0.2, -0.15) is 0 Å². The Bertz CT molecular complexity index is 826. The van der Waals surface area contributed by atoms with Gasteiger partial charge < -0.3 is 9.64 Å². The van der Waals surface area contributed by atoms with E-state index in [2.05, 4.69) is 0 Å². The van der Waals surface area contributed by atoms with Gasteiger partial charge >= 0.3 is 5.97 Å². The zero-order chi connectivity index (χ0) is 18.0. The molecule has 0 radical (unpaired) electrons. The highest BCUT2D eigenvalue weighted by Crippen LogP contribution is 2.27. The highest BCUT2D eigenvalue weighted by Gasteiger charge is 2.36. The number of benzene rings is 2. The molecule has 25 heavy (non-hydrogen) atoms. The molecule has 1 atom stereocenters. The van der Waals surface area contributed by atoms with Gasteiger partial charge in [-0.05, 0) is 38.1 Å². The van der Waals surface area contributed by atoms with E-state index in [1.165, 1.54) is 6.92 Å². The van der Waals surface area contributed by atoms with Gasteiger partial charge in [0.15, 0.2) is 5.78 Å². The van der Waals surface area contributed by atoms with Gasteiger partial charge in [0, 0.05) is 18.7 Å². The zero-order valence-corrected chi connectivity index (χ0v) is 14.2. The summed E-state index contributed by atoms with van der Waals surface area (Å²) in [5, 5.41) is 0. The Morgan fingerprint density at radius 2 is 1.76 bits per heavy atom. The fourth-order valence-corrected chi connectivity index (χ4v) is 2.88. The number of hydrogen-bond acceptors (Lipinski definition) is 4. The van der Waals surface area contributed by atoms with Crippen LogP contribution in [0.5, 0.6) is 5.75 Å². The van der Waals surface area contributed by atoms with Crippen LogP contribution in [-0.2, 0) is 9.59 Å². The van der Waals surface area contributed by atoms with Gasteiger partial charge in [0.1, 0.15) is 5.75 Å². The summed E-state index contributed by atoms with van der Waals surface area (Å²) in [6, 6.07) is 14.2. The zero-order valence-electron chi connectivity index (χ0n) is 14.2. The van der Waals surface area contributed by atoms with Crippen LogP contribution in [0.1, 0.15) is 29.3 Å². The number of Topliss-reactive ketones (excluding diaryl/α,β-unsaturated/α-hetero) is 1. The number of carbonyl (C=O) groups is 3. The van der Waals surface area contributed by atoms with Crippen molar-refractivity contribution in [3.8, 4) is 5.75 Å². The molecular weight excluding hydrogens is 318 g/mol. The van der Waals surface area contributed by atoms with E-state index in [1.54, 1.807) is 29.2 Å². The molecule has 2 aromatic rings. The molecule has 5 heteroatoms. The van der Waals surface area contributed by atoms with Crippen LogP contribution < -0.4 is 9.64 Å². The first-order chi connectivity index (χ1) is 12.0. The van der Waals surface area contributed by atoms with E-state index in [-0.39, 0.29) is 30.4 Å². The van der Waals surface area contributed by atoms with E-state index in [0.29, 0.717) is 5.56 Å². The fourth-order valence-electron chi connectivity index (χ4n) is 2.88. The predicted molar refractivity (Wildman–Crippen MR) is 93.7 cm³/mol. The van der Waals surface area contributed by atoms with Crippen LogP contribution in [0, 0.1) is 12.8 Å². The number of amides is 1. The predicted octanol–water partition coefficient (Wildman–Crippen LogP) is 3.16. The molecule has 0 bridgehead atoms. The molecule has 3 rings (SSSR count). The van der Waals surface area contributed by atoms with Gasteiger partial charge in [0.2, 0.25) is 5.91 Å². The number of anilines is 1. The van der Waals surface area contributed by atoms with Crippen molar-refractivity contribution in [3.05, 3.63) is 59.7 Å². The molecule has 0 aromatic heterocycles. The number of aryl methyl sites for hydroxylation is 1. The summed E-state index contributed by atoms with van der Waals surface area (Å²) in [5.41, 5.74) is 2.23. The SMILES string of the molecule is CC(=O)c1ccccc1OC(=O)[C@@H]1CC(=O)N(c2ccc(C)cc2)C1. The minimum atomic E-state index is -0.547. The number of rotatable bonds is 4. The van der Waals surface area contributed by atoms with Gasteiger partial charge in [0.25, 0.3) is 0 Å². The maximum atomic E-state index is 12.5. The second-order valence-corrected chi connectivity index (χ2v) is 6.21. The van der Waals surface area contributed by atoms with E-state index < -0.39 is 11.9 Å². The Kier molecular flexibility index (Phi) is 4.65. The maximum absolute atomic E-state index is 12.5. The molecule has 128 valence electrons. The summed E-state index contributed by atoms with van der Waals surface area (Å²) >= 11 is 0. The van der Waals surface area contributed by atoms with Crippen molar-refractivity contribution in [2.75, 3.05) is 11.4 Å². The minimum absolute atomic E-state index is 0.106. The molecule has 1 aliphatic heterocycles. The summed E-state index contributed by atoms with van der Waals surface area (Å²) < 4.78 is 5.40. The molecule has 2 aromatic carbocycles. The number of esters is 1. The van der Waals surface area contributed by atoms with Gasteiger partial charge in [-0.25, -0.2) is 0 Å². The molecule has 1 fully saturated rings. The maximum Gasteiger partial charge on any atom is 0.316 e. The third kappa shape index (κ3) is 3.60. The van der Waals surface area contributed by atoms with Crippen molar-refractivity contribution < 1.29 is 19.1 Å². The van der Waals surface area contributed by atoms with Crippen molar-refractivity contribution in [2.24, 2.45) is 5.92 Å². The lowest BCUT2D eigenvalue weighted by atomic mass is 10.1. The monoisotopic (exact) mass is 337 g/mol. The Balaban J connectivity index is 1.73. The second-order valence-electron chi connectivity index (χ2n) is 6.21. The Morgan fingerprint density at radius 1 is 1.08 bits per heavy atom. The number of para-hydroxylation sites is 1. The van der Waals surface area contributed by atoms with Crippen molar-refractivity contribution in [1.29, 1.82) is 0 Å². The van der Waals surface area contributed by atoms with Crippen LogP contribution in [0.25, 0.3) is 0 Å². The normalized spacial score (nSPS) is 16.8. The first-order valence-corrected chi connectivity index (χ1v) is 8.14. The van der Waals surface area contributed by atoms with Crippen molar-refractivity contribution in [1.82, 2.24) is 0 Å². The summed E-state index contributed by atoms with van der Waals surface area (Å²) in [5.74, 6) is -1.08. The lowest BCUT2D eigenvalue weighted by Crippen LogP contribution is -2.27. The smallest absolute Gasteiger partial charge is 0.316 e. The molecular formula is C20H19NO4. The molecule has 5 nitrogen and oxygen atoms in total. The standard InChI is InChI=1S/C20H19NO4/c1-13-7-9-16(10-8-13)21-12-15(11-19(21)23)20(24)25-18-6-4-3-5-17(18)14(2)22/h3-10,15H,11-12H2,1-2H3/t15-/m1/s1. The summed E-state index contributed by atoms with van der Waals surface area (Å²) in [6.07, 6.45) is 0.106. The lowest BCUT2D eigenvalue weighted by Gasteiger charge is -2.17. The molecule has 1 saturated heterocycles. The van der Waals surface area contributed by atoms with Crippen LogP contribution in [0.2, 0.25) is 0 Å². The van der Waals surface area contributed by atoms with E-state index >= 15 is 0 Å². The Labute approximate surface area is 146 Å². The first-order valence-electron chi connectivity index (χ1n) is 8.14. The molecule has 0 saturated carbocycles. The molecule has 0 aliphatic carbocycles. The van der Waals surface area contributed by atoms with E-state index in [0.717, 1.165) is 11.3 Å². The Hall–Kier alpha value is -2.95. The first kappa shape index (κ1) is 16.9. The molecule has 1 amide bonds. The van der Waals surface area contributed by atoms with E-state index in [1.807, 2.05) is 31.2 Å². The van der Waals surface area contributed by atoms with E-state index in [4.69, 9.17) is 4.74 Å². The molecule has 0 N–H and O–H groups in total. The third-order valence-electron chi connectivity index (χ3n) is 4.28. The second kappa shape index (κ2) is 6.89. The van der Waals surface area contributed by atoms with Crippen molar-refractivity contribution >= 4 is 23.3 Å². The quantitative estimate of drug-likeness (QED) is 0.488. The van der Waals surface area contributed by atoms with E-state index in [9.17, 15) is 14.4 Å². The van der Waals surface area contributed by atoms with Crippen LogP contribution in [0.15, 0.2) is 48.5 Å². The van der Waals surface area contributed by atoms with Gasteiger partial charge in [-0.1, -0.05) is 29.8 Å². The van der Waals surface area contributed by atoms with Gasteiger partial charge in [-0.15, -0.1) is 0 Å². The largest absolute Gasteiger partial charge is 0.425 e. The van der Waals surface area contributed by atoms with Crippen molar-refractivity contribution in [3.63, 3.8) is 0 Å². The van der Waals surface area contributed by atoms with Gasteiger partial charge in [0.05, 0.1) is 11.5 Å². The number of ketones is 1.